The van der Waals surface area contributed by atoms with Gasteiger partial charge in [-0.15, -0.1) is 0 Å². The Morgan fingerprint density at radius 3 is 2.67 bits per heavy atom. The summed E-state index contributed by atoms with van der Waals surface area (Å²) >= 11 is 0. The van der Waals surface area contributed by atoms with E-state index in [0.717, 1.165) is 0 Å². The molecule has 0 amide bonds. The Morgan fingerprint density at radius 2 is 2.07 bits per heavy atom. The molecule has 1 N–H and O–H groups in total. The molecule has 15 heavy (non-hydrogen) atoms. The number of rotatable bonds is 2. The Labute approximate surface area is 86.8 Å². The Balaban J connectivity index is 2.39. The molecule has 1 heterocycles. The summed E-state index contributed by atoms with van der Waals surface area (Å²) in [6.07, 6.45) is 3.31. The summed E-state index contributed by atoms with van der Waals surface area (Å²) in [6.45, 7) is 1.64. The van der Waals surface area contributed by atoms with Crippen molar-refractivity contribution in [1.82, 2.24) is 4.98 Å². The molecule has 0 spiro atoms. The van der Waals surface area contributed by atoms with Crippen molar-refractivity contribution in [2.45, 2.75) is 6.92 Å². The largest absolute Gasteiger partial charge is 0.367 e. The van der Waals surface area contributed by atoms with Gasteiger partial charge in [-0.1, -0.05) is 0 Å². The van der Waals surface area contributed by atoms with Crippen LogP contribution in [-0.2, 0) is 0 Å². The summed E-state index contributed by atoms with van der Waals surface area (Å²) in [5.74, 6) is -0.389. The van der Waals surface area contributed by atoms with E-state index in [-0.39, 0.29) is 11.6 Å². The maximum atomic E-state index is 13.0. The average molecular weight is 203 g/mol. The van der Waals surface area contributed by atoms with Gasteiger partial charge in [0.25, 0.3) is 0 Å². The van der Waals surface area contributed by atoms with E-state index in [2.05, 4.69) is 4.98 Å². The predicted molar refractivity (Wildman–Crippen MR) is 55.4 cm³/mol. The van der Waals surface area contributed by atoms with Gasteiger partial charge in [-0.25, -0.2) is 4.39 Å². The summed E-state index contributed by atoms with van der Waals surface area (Å²) in [4.78, 5) is 14.6. The number of ketones is 1. The molecule has 2 rings (SSSR count). The number of carbonyl (C=O) groups excluding carboxylic acids is 1. The Hall–Kier alpha value is -1.90. The van der Waals surface area contributed by atoms with Gasteiger partial charge in [0.15, 0.2) is 5.78 Å². The highest BCUT2D eigenvalue weighted by molar-refractivity contribution is 6.08. The number of aromatic nitrogens is 1. The van der Waals surface area contributed by atoms with Crippen LogP contribution in [0, 0.1) is 12.7 Å². The van der Waals surface area contributed by atoms with Crippen LogP contribution in [0.2, 0.25) is 0 Å². The molecule has 0 atom stereocenters. The molecule has 1 aromatic carbocycles. The fourth-order valence-corrected chi connectivity index (χ4v) is 1.42. The SMILES string of the molecule is Cc1cc(C(=O)c2cc[nH]c2)ccc1F. The number of H-pyrrole nitrogens is 1. The zero-order valence-corrected chi connectivity index (χ0v) is 8.25. The second-order valence-corrected chi connectivity index (χ2v) is 3.39. The van der Waals surface area contributed by atoms with Crippen molar-refractivity contribution in [3.8, 4) is 0 Å². The zero-order chi connectivity index (χ0) is 10.8. The van der Waals surface area contributed by atoms with Crippen LogP contribution in [-0.4, -0.2) is 10.8 Å². The van der Waals surface area contributed by atoms with Crippen LogP contribution in [0.15, 0.2) is 36.7 Å². The van der Waals surface area contributed by atoms with Crippen LogP contribution >= 0.6 is 0 Å². The number of hydrogen-bond donors (Lipinski definition) is 1. The van der Waals surface area contributed by atoms with Crippen LogP contribution in [0.5, 0.6) is 0 Å². The molecule has 0 aliphatic carbocycles. The van der Waals surface area contributed by atoms with Crippen LogP contribution in [0.3, 0.4) is 0 Å². The van der Waals surface area contributed by atoms with Crippen molar-refractivity contribution in [2.24, 2.45) is 0 Å². The molecular formula is C12H10FNO. The Bertz CT molecular complexity index is 488. The summed E-state index contributed by atoms with van der Waals surface area (Å²) < 4.78 is 13.0. The molecule has 0 fully saturated rings. The molecular weight excluding hydrogens is 193 g/mol. The van der Waals surface area contributed by atoms with Crippen molar-refractivity contribution in [1.29, 1.82) is 0 Å². The minimum Gasteiger partial charge on any atom is -0.367 e. The lowest BCUT2D eigenvalue weighted by Gasteiger charge is -2.00. The summed E-state index contributed by atoms with van der Waals surface area (Å²) in [5, 5.41) is 0. The van der Waals surface area contributed by atoms with Crippen molar-refractivity contribution >= 4 is 5.78 Å². The first-order valence-electron chi connectivity index (χ1n) is 4.62. The first-order valence-corrected chi connectivity index (χ1v) is 4.62. The number of aromatic amines is 1. The van der Waals surface area contributed by atoms with E-state index in [9.17, 15) is 9.18 Å². The van der Waals surface area contributed by atoms with Crippen LogP contribution in [0.4, 0.5) is 4.39 Å². The summed E-state index contributed by atoms with van der Waals surface area (Å²) in [7, 11) is 0. The van der Waals surface area contributed by atoms with Crippen molar-refractivity contribution in [2.75, 3.05) is 0 Å². The Morgan fingerprint density at radius 1 is 1.27 bits per heavy atom. The maximum absolute atomic E-state index is 13.0. The molecule has 2 nitrogen and oxygen atoms in total. The quantitative estimate of drug-likeness (QED) is 0.748. The van der Waals surface area contributed by atoms with E-state index >= 15 is 0 Å². The molecule has 0 radical (unpaired) electrons. The van der Waals surface area contributed by atoms with E-state index in [4.69, 9.17) is 0 Å². The molecule has 2 aromatic rings. The third-order valence-corrected chi connectivity index (χ3v) is 2.28. The van der Waals surface area contributed by atoms with Crippen LogP contribution < -0.4 is 0 Å². The second-order valence-electron chi connectivity index (χ2n) is 3.39. The highest BCUT2D eigenvalue weighted by atomic mass is 19.1. The fourth-order valence-electron chi connectivity index (χ4n) is 1.42. The van der Waals surface area contributed by atoms with Crippen LogP contribution in [0.1, 0.15) is 21.5 Å². The molecule has 0 aliphatic heterocycles. The summed E-state index contributed by atoms with van der Waals surface area (Å²) in [5.41, 5.74) is 1.57. The van der Waals surface area contributed by atoms with E-state index in [1.165, 1.54) is 12.1 Å². The van der Waals surface area contributed by atoms with E-state index in [0.29, 0.717) is 16.7 Å². The minimum atomic E-state index is -0.291. The number of aryl methyl sites for hydroxylation is 1. The number of hydrogen-bond acceptors (Lipinski definition) is 1. The average Bonchev–Trinajstić information content (AvgIpc) is 2.74. The highest BCUT2D eigenvalue weighted by Crippen LogP contribution is 2.13. The minimum absolute atomic E-state index is 0.0978. The van der Waals surface area contributed by atoms with Gasteiger partial charge in [0, 0.05) is 23.5 Å². The van der Waals surface area contributed by atoms with Gasteiger partial charge >= 0.3 is 0 Å². The van der Waals surface area contributed by atoms with Gasteiger partial charge in [0.05, 0.1) is 0 Å². The topological polar surface area (TPSA) is 32.9 Å². The number of carbonyl (C=O) groups is 1. The van der Waals surface area contributed by atoms with E-state index in [1.54, 1.807) is 31.5 Å². The maximum Gasteiger partial charge on any atom is 0.194 e. The van der Waals surface area contributed by atoms with Gasteiger partial charge in [-0.3, -0.25) is 4.79 Å². The van der Waals surface area contributed by atoms with Gasteiger partial charge < -0.3 is 4.98 Å². The number of nitrogens with one attached hydrogen (secondary N) is 1. The third kappa shape index (κ3) is 1.81. The molecule has 0 aliphatic rings. The monoisotopic (exact) mass is 203 g/mol. The lowest BCUT2D eigenvalue weighted by atomic mass is 10.0. The predicted octanol–water partition coefficient (Wildman–Crippen LogP) is 2.69. The second kappa shape index (κ2) is 3.69. The van der Waals surface area contributed by atoms with Gasteiger partial charge in [-0.05, 0) is 36.8 Å². The van der Waals surface area contributed by atoms with E-state index < -0.39 is 0 Å². The Kier molecular flexibility index (Phi) is 2.37. The standard InChI is InChI=1S/C12H10FNO/c1-8-6-9(2-3-11(8)13)12(15)10-4-5-14-7-10/h2-7,14H,1H3. The molecule has 0 bridgehead atoms. The normalized spacial score (nSPS) is 10.3. The molecule has 1 aromatic heterocycles. The first-order chi connectivity index (χ1) is 7.18. The van der Waals surface area contributed by atoms with Gasteiger partial charge in [0.1, 0.15) is 5.82 Å². The molecule has 0 saturated heterocycles. The molecule has 0 unspecified atom stereocenters. The van der Waals surface area contributed by atoms with Gasteiger partial charge in [0.2, 0.25) is 0 Å². The zero-order valence-electron chi connectivity index (χ0n) is 8.25. The first kappa shape index (κ1) is 9.65. The number of halogens is 1. The lowest BCUT2D eigenvalue weighted by Crippen LogP contribution is -2.00. The smallest absolute Gasteiger partial charge is 0.194 e. The van der Waals surface area contributed by atoms with Crippen molar-refractivity contribution in [3.05, 3.63) is 59.2 Å². The lowest BCUT2D eigenvalue weighted by molar-refractivity contribution is 0.103. The molecule has 76 valence electrons. The fraction of sp³-hybridized carbons (Fsp3) is 0.0833. The third-order valence-electron chi connectivity index (χ3n) is 2.28. The molecule has 0 saturated carbocycles. The summed E-state index contributed by atoms with van der Waals surface area (Å²) in [6, 6.07) is 6.07. The van der Waals surface area contributed by atoms with Crippen molar-refractivity contribution in [3.63, 3.8) is 0 Å². The molecule has 3 heteroatoms. The van der Waals surface area contributed by atoms with E-state index in [1.807, 2.05) is 0 Å². The van der Waals surface area contributed by atoms with Crippen LogP contribution in [0.25, 0.3) is 0 Å². The highest BCUT2D eigenvalue weighted by Gasteiger charge is 2.10. The van der Waals surface area contributed by atoms with Gasteiger partial charge in [-0.2, -0.15) is 0 Å². The van der Waals surface area contributed by atoms with Crippen molar-refractivity contribution < 1.29 is 9.18 Å². The number of benzene rings is 1.